The van der Waals surface area contributed by atoms with Crippen LogP contribution in [0.25, 0.3) is 0 Å². The molecule has 2 aromatic carbocycles. The number of rotatable bonds is 6. The minimum Gasteiger partial charge on any atom is -0.324 e. The summed E-state index contributed by atoms with van der Waals surface area (Å²) in [6, 6.07) is 18.8. The molecule has 1 aliphatic heterocycles. The molecule has 3 amide bonds. The van der Waals surface area contributed by atoms with E-state index in [1.165, 1.54) is 18.2 Å². The van der Waals surface area contributed by atoms with E-state index >= 15 is 0 Å². The van der Waals surface area contributed by atoms with E-state index in [9.17, 15) is 14.4 Å². The molecule has 9 nitrogen and oxygen atoms in total. The quantitative estimate of drug-likeness (QED) is 0.397. The lowest BCUT2D eigenvalue weighted by atomic mass is 10.1. The number of aromatic nitrogens is 3. The lowest BCUT2D eigenvalue weighted by molar-refractivity contribution is 0.0640. The monoisotopic (exact) mass is 478 g/mol. The van der Waals surface area contributed by atoms with E-state index in [-0.39, 0.29) is 29.1 Å². The Balaban J connectivity index is 1.27. The Bertz CT molecular complexity index is 1470. The summed E-state index contributed by atoms with van der Waals surface area (Å²) in [5.41, 5.74) is 4.44. The van der Waals surface area contributed by atoms with E-state index in [4.69, 9.17) is 0 Å². The first-order valence-corrected chi connectivity index (χ1v) is 11.3. The molecule has 0 bridgehead atoms. The smallest absolute Gasteiger partial charge is 0.261 e. The molecule has 5 rings (SSSR count). The van der Waals surface area contributed by atoms with Crippen molar-refractivity contribution in [3.63, 3.8) is 0 Å². The average molecular weight is 479 g/mol. The first kappa shape index (κ1) is 22.9. The van der Waals surface area contributed by atoms with E-state index in [0.717, 1.165) is 22.0 Å². The molecule has 0 spiro atoms. The van der Waals surface area contributed by atoms with Gasteiger partial charge in [0.15, 0.2) is 0 Å². The molecule has 0 fully saturated rings. The number of amides is 3. The second-order valence-electron chi connectivity index (χ2n) is 8.41. The highest BCUT2D eigenvalue weighted by Gasteiger charge is 2.36. The minimum absolute atomic E-state index is 0.0717. The normalized spacial score (nSPS) is 12.4. The van der Waals surface area contributed by atoms with Gasteiger partial charge in [-0.1, -0.05) is 6.07 Å². The Hall–Kier alpha value is -4.92. The van der Waals surface area contributed by atoms with Crippen molar-refractivity contribution < 1.29 is 14.4 Å². The van der Waals surface area contributed by atoms with Crippen molar-refractivity contribution in [2.45, 2.75) is 20.4 Å². The van der Waals surface area contributed by atoms with Crippen LogP contribution in [-0.4, -0.2) is 37.6 Å². The van der Waals surface area contributed by atoms with Gasteiger partial charge in [0.1, 0.15) is 0 Å². The Kier molecular flexibility index (Phi) is 5.95. The zero-order chi connectivity index (χ0) is 25.2. The van der Waals surface area contributed by atoms with Crippen LogP contribution in [0.1, 0.15) is 48.2 Å². The number of imide groups is 1. The Morgan fingerprint density at radius 2 is 1.53 bits per heavy atom. The second-order valence-corrected chi connectivity index (χ2v) is 8.41. The van der Waals surface area contributed by atoms with Gasteiger partial charge in [0.05, 0.1) is 23.4 Å². The second kappa shape index (κ2) is 9.38. The third-order valence-corrected chi connectivity index (χ3v) is 5.66. The highest BCUT2D eigenvalue weighted by molar-refractivity contribution is 6.22. The fourth-order valence-electron chi connectivity index (χ4n) is 3.98. The van der Waals surface area contributed by atoms with Gasteiger partial charge in [-0.2, -0.15) is 0 Å². The van der Waals surface area contributed by atoms with Crippen LogP contribution in [0.5, 0.6) is 0 Å². The number of benzene rings is 2. The van der Waals surface area contributed by atoms with Crippen LogP contribution in [0.2, 0.25) is 0 Å². The Morgan fingerprint density at radius 3 is 2.22 bits per heavy atom. The van der Waals surface area contributed by atoms with Gasteiger partial charge in [-0.05, 0) is 74.5 Å². The molecule has 0 radical (unpaired) electrons. The summed E-state index contributed by atoms with van der Waals surface area (Å²) in [4.78, 5) is 52.5. The Labute approximate surface area is 207 Å². The molecule has 0 atom stereocenters. The predicted molar refractivity (Wildman–Crippen MR) is 134 cm³/mol. The van der Waals surface area contributed by atoms with Crippen LogP contribution in [-0.2, 0) is 6.54 Å². The molecule has 0 saturated heterocycles. The first-order valence-electron chi connectivity index (χ1n) is 11.3. The molecule has 9 heteroatoms. The summed E-state index contributed by atoms with van der Waals surface area (Å²) in [5, 5.41) is 5.96. The van der Waals surface area contributed by atoms with Crippen molar-refractivity contribution in [3.8, 4) is 0 Å². The predicted octanol–water partition coefficient (Wildman–Crippen LogP) is 4.28. The van der Waals surface area contributed by atoms with Crippen molar-refractivity contribution in [2.75, 3.05) is 10.6 Å². The molecule has 3 heterocycles. The third-order valence-electron chi connectivity index (χ3n) is 5.66. The summed E-state index contributed by atoms with van der Waals surface area (Å²) >= 11 is 0. The molecular formula is C27H22N6O3. The standard InChI is InChI=1S/C27H22N6O3/c1-16-13-17(2)30-27(29-16)32-20-9-7-19(8-10-20)31-24(34)18-6-11-22-23(14-18)26(36)33(25(22)35)15-21-5-3-4-12-28-21/h3-14H,15H2,1-2H3,(H,31,34)(H,29,30,32). The molecule has 0 aliphatic carbocycles. The summed E-state index contributed by atoms with van der Waals surface area (Å²) in [6.07, 6.45) is 1.61. The van der Waals surface area contributed by atoms with E-state index in [0.29, 0.717) is 17.3 Å². The van der Waals surface area contributed by atoms with Gasteiger partial charge in [0.25, 0.3) is 17.7 Å². The number of nitrogens with zero attached hydrogens (tertiary/aromatic N) is 4. The van der Waals surface area contributed by atoms with Crippen LogP contribution in [0.4, 0.5) is 17.3 Å². The fourth-order valence-corrected chi connectivity index (χ4v) is 3.98. The minimum atomic E-state index is -0.445. The average Bonchev–Trinajstić information content (AvgIpc) is 3.09. The largest absolute Gasteiger partial charge is 0.324 e. The highest BCUT2D eigenvalue weighted by atomic mass is 16.2. The van der Waals surface area contributed by atoms with Crippen LogP contribution in [0, 0.1) is 13.8 Å². The molecule has 0 saturated carbocycles. The molecule has 178 valence electrons. The lowest BCUT2D eigenvalue weighted by Crippen LogP contribution is -2.29. The van der Waals surface area contributed by atoms with Gasteiger partial charge >= 0.3 is 0 Å². The van der Waals surface area contributed by atoms with Crippen molar-refractivity contribution in [2.24, 2.45) is 0 Å². The molecular weight excluding hydrogens is 456 g/mol. The third kappa shape index (κ3) is 4.67. The molecule has 2 aromatic heterocycles. The number of anilines is 3. The van der Waals surface area contributed by atoms with E-state index < -0.39 is 11.8 Å². The summed E-state index contributed by atoms with van der Waals surface area (Å²) < 4.78 is 0. The highest BCUT2D eigenvalue weighted by Crippen LogP contribution is 2.26. The number of pyridine rings is 1. The van der Waals surface area contributed by atoms with E-state index in [2.05, 4.69) is 25.6 Å². The van der Waals surface area contributed by atoms with Crippen LogP contribution < -0.4 is 10.6 Å². The molecule has 0 unspecified atom stereocenters. The molecule has 36 heavy (non-hydrogen) atoms. The zero-order valence-corrected chi connectivity index (χ0v) is 19.6. The first-order chi connectivity index (χ1) is 17.4. The van der Waals surface area contributed by atoms with E-state index in [1.807, 2.05) is 19.9 Å². The van der Waals surface area contributed by atoms with Gasteiger partial charge in [0, 0.05) is 34.5 Å². The fraction of sp³-hybridized carbons (Fsp3) is 0.111. The summed E-state index contributed by atoms with van der Waals surface area (Å²) in [6.45, 7) is 3.88. The van der Waals surface area contributed by atoms with Gasteiger partial charge in [0.2, 0.25) is 5.95 Å². The zero-order valence-electron chi connectivity index (χ0n) is 19.6. The van der Waals surface area contributed by atoms with Gasteiger partial charge < -0.3 is 10.6 Å². The van der Waals surface area contributed by atoms with Gasteiger partial charge in [-0.25, -0.2) is 9.97 Å². The van der Waals surface area contributed by atoms with Crippen LogP contribution >= 0.6 is 0 Å². The van der Waals surface area contributed by atoms with Crippen molar-refractivity contribution in [3.05, 3.63) is 107 Å². The number of fused-ring (bicyclic) bond motifs is 1. The van der Waals surface area contributed by atoms with Crippen molar-refractivity contribution in [1.82, 2.24) is 19.9 Å². The number of carbonyl (C=O) groups excluding carboxylic acids is 3. The molecule has 1 aliphatic rings. The number of hydrogen-bond acceptors (Lipinski definition) is 7. The SMILES string of the molecule is Cc1cc(C)nc(Nc2ccc(NC(=O)c3ccc4c(c3)C(=O)N(Cc3ccccn3)C4=O)cc2)n1. The maximum absolute atomic E-state index is 12.9. The number of nitrogens with one attached hydrogen (secondary N) is 2. The number of carbonyl (C=O) groups is 3. The summed E-state index contributed by atoms with van der Waals surface area (Å²) in [5.74, 6) is -0.735. The van der Waals surface area contributed by atoms with Gasteiger partial charge in [-0.15, -0.1) is 0 Å². The lowest BCUT2D eigenvalue weighted by Gasteiger charge is -2.12. The molecule has 4 aromatic rings. The van der Waals surface area contributed by atoms with Crippen LogP contribution in [0.3, 0.4) is 0 Å². The topological polar surface area (TPSA) is 117 Å². The maximum Gasteiger partial charge on any atom is 0.261 e. The maximum atomic E-state index is 12.9. The molecule has 2 N–H and O–H groups in total. The number of aryl methyl sites for hydroxylation is 2. The van der Waals surface area contributed by atoms with Crippen LogP contribution in [0.15, 0.2) is 72.9 Å². The van der Waals surface area contributed by atoms with Crippen molar-refractivity contribution in [1.29, 1.82) is 0 Å². The van der Waals surface area contributed by atoms with Crippen molar-refractivity contribution >= 4 is 35.0 Å². The number of hydrogen-bond donors (Lipinski definition) is 2. The summed E-state index contributed by atoms with van der Waals surface area (Å²) in [7, 11) is 0. The Morgan fingerprint density at radius 1 is 0.833 bits per heavy atom. The van der Waals surface area contributed by atoms with E-state index in [1.54, 1.807) is 48.7 Å². The van der Waals surface area contributed by atoms with Gasteiger partial charge in [-0.3, -0.25) is 24.3 Å².